The van der Waals surface area contributed by atoms with E-state index in [9.17, 15) is 4.79 Å². The standard InChI is InChI=1S/C18H28N4OS/c19-18-20-13(11-24-18)7-8-17(23)21-16-10-22(14-3-1-2-4-14)9-15(16)12-5-6-12/h11-12,14-16H,1-10H2,(H2,19,20)(H,21,23)/t15-,16+/m1/s1. The van der Waals surface area contributed by atoms with E-state index >= 15 is 0 Å². The summed E-state index contributed by atoms with van der Waals surface area (Å²) in [6.07, 6.45) is 9.37. The molecule has 0 spiro atoms. The van der Waals surface area contributed by atoms with E-state index in [1.54, 1.807) is 0 Å². The normalized spacial score (nSPS) is 28.5. The van der Waals surface area contributed by atoms with Gasteiger partial charge in [0.15, 0.2) is 5.13 Å². The number of hydrogen-bond donors (Lipinski definition) is 2. The lowest BCUT2D eigenvalue weighted by Gasteiger charge is -2.23. The second-order valence-electron chi connectivity index (χ2n) is 7.74. The summed E-state index contributed by atoms with van der Waals surface area (Å²) in [6.45, 7) is 2.25. The van der Waals surface area contributed by atoms with Crippen molar-refractivity contribution >= 4 is 22.4 Å². The first kappa shape index (κ1) is 16.3. The van der Waals surface area contributed by atoms with E-state index in [4.69, 9.17) is 5.73 Å². The fourth-order valence-corrected chi connectivity index (χ4v) is 5.14. The van der Waals surface area contributed by atoms with Crippen LogP contribution in [0.3, 0.4) is 0 Å². The number of likely N-dealkylation sites (tertiary alicyclic amines) is 1. The molecule has 132 valence electrons. The number of hydrogen-bond acceptors (Lipinski definition) is 5. The number of nitrogens with one attached hydrogen (secondary N) is 1. The van der Waals surface area contributed by atoms with Crippen LogP contribution in [0.5, 0.6) is 0 Å². The molecule has 3 aliphatic rings. The van der Waals surface area contributed by atoms with Gasteiger partial charge in [0.1, 0.15) is 0 Å². The number of nitrogen functional groups attached to an aromatic ring is 1. The van der Waals surface area contributed by atoms with Crippen LogP contribution in [-0.4, -0.2) is 41.0 Å². The van der Waals surface area contributed by atoms with Gasteiger partial charge in [-0.05, 0) is 43.9 Å². The fraction of sp³-hybridized carbons (Fsp3) is 0.778. The van der Waals surface area contributed by atoms with Gasteiger partial charge in [-0.1, -0.05) is 12.8 Å². The summed E-state index contributed by atoms with van der Waals surface area (Å²) in [5, 5.41) is 5.88. The van der Waals surface area contributed by atoms with Crippen molar-refractivity contribution in [1.82, 2.24) is 15.2 Å². The summed E-state index contributed by atoms with van der Waals surface area (Å²) in [7, 11) is 0. The van der Waals surface area contributed by atoms with Gasteiger partial charge in [0.25, 0.3) is 0 Å². The van der Waals surface area contributed by atoms with Crippen molar-refractivity contribution in [1.29, 1.82) is 0 Å². The Morgan fingerprint density at radius 3 is 2.75 bits per heavy atom. The Kier molecular flexibility index (Phi) is 4.77. The van der Waals surface area contributed by atoms with Crippen LogP contribution in [0, 0.1) is 11.8 Å². The molecule has 1 aliphatic heterocycles. The fourth-order valence-electron chi connectivity index (χ4n) is 4.54. The van der Waals surface area contributed by atoms with E-state index < -0.39 is 0 Å². The number of thiazole rings is 1. The first-order valence-electron chi connectivity index (χ1n) is 9.42. The van der Waals surface area contributed by atoms with Crippen LogP contribution >= 0.6 is 11.3 Å². The third kappa shape index (κ3) is 3.75. The highest BCUT2D eigenvalue weighted by Crippen LogP contribution is 2.42. The van der Waals surface area contributed by atoms with Crippen molar-refractivity contribution in [2.45, 2.75) is 63.5 Å². The van der Waals surface area contributed by atoms with E-state index in [-0.39, 0.29) is 5.91 Å². The number of rotatable bonds is 6. The zero-order valence-corrected chi connectivity index (χ0v) is 15.1. The lowest BCUT2D eigenvalue weighted by Crippen LogP contribution is -2.42. The molecule has 2 saturated carbocycles. The lowest BCUT2D eigenvalue weighted by atomic mass is 9.98. The molecule has 1 amide bonds. The van der Waals surface area contributed by atoms with Crippen molar-refractivity contribution in [3.05, 3.63) is 11.1 Å². The second-order valence-corrected chi connectivity index (χ2v) is 8.63. The molecule has 0 bridgehead atoms. The van der Waals surface area contributed by atoms with Gasteiger partial charge in [-0.2, -0.15) is 0 Å². The number of carbonyl (C=O) groups is 1. The van der Waals surface area contributed by atoms with Gasteiger partial charge < -0.3 is 11.1 Å². The number of nitrogens with zero attached hydrogens (tertiary/aromatic N) is 2. The van der Waals surface area contributed by atoms with Crippen LogP contribution in [0.1, 0.15) is 50.6 Å². The second kappa shape index (κ2) is 7.00. The Morgan fingerprint density at radius 1 is 1.29 bits per heavy atom. The number of amides is 1. The van der Waals surface area contributed by atoms with Gasteiger partial charge in [0.05, 0.1) is 5.69 Å². The predicted octanol–water partition coefficient (Wildman–Crippen LogP) is 2.43. The largest absolute Gasteiger partial charge is 0.375 e. The van der Waals surface area contributed by atoms with E-state index in [0.717, 1.165) is 24.2 Å². The Bertz CT molecular complexity index is 579. The topological polar surface area (TPSA) is 71.2 Å². The summed E-state index contributed by atoms with van der Waals surface area (Å²) in [6, 6.07) is 1.12. The summed E-state index contributed by atoms with van der Waals surface area (Å²) in [5.74, 6) is 1.69. The Balaban J connectivity index is 1.30. The molecule has 0 radical (unpaired) electrons. The van der Waals surface area contributed by atoms with Gasteiger partial charge in [-0.15, -0.1) is 11.3 Å². The summed E-state index contributed by atoms with van der Waals surface area (Å²) >= 11 is 1.44. The highest BCUT2D eigenvalue weighted by Gasteiger charge is 2.44. The van der Waals surface area contributed by atoms with E-state index in [2.05, 4.69) is 15.2 Å². The molecule has 6 heteroatoms. The molecule has 5 nitrogen and oxygen atoms in total. The maximum Gasteiger partial charge on any atom is 0.220 e. The van der Waals surface area contributed by atoms with E-state index in [0.29, 0.717) is 29.9 Å². The average Bonchev–Trinajstić information content (AvgIpc) is 2.98. The van der Waals surface area contributed by atoms with Crippen LogP contribution in [0.4, 0.5) is 5.13 Å². The van der Waals surface area contributed by atoms with Gasteiger partial charge >= 0.3 is 0 Å². The average molecular weight is 349 g/mol. The monoisotopic (exact) mass is 348 g/mol. The Hall–Kier alpha value is -1.14. The lowest BCUT2D eigenvalue weighted by molar-refractivity contribution is -0.122. The maximum atomic E-state index is 12.4. The van der Waals surface area contributed by atoms with Crippen LogP contribution in [0.25, 0.3) is 0 Å². The molecule has 2 atom stereocenters. The van der Waals surface area contributed by atoms with Crippen molar-refractivity contribution in [3.8, 4) is 0 Å². The Morgan fingerprint density at radius 2 is 2.08 bits per heavy atom. The van der Waals surface area contributed by atoms with Gasteiger partial charge in [0.2, 0.25) is 5.91 Å². The highest BCUT2D eigenvalue weighted by molar-refractivity contribution is 7.13. The number of aromatic nitrogens is 1. The van der Waals surface area contributed by atoms with Gasteiger partial charge in [-0.3, -0.25) is 9.69 Å². The molecule has 0 unspecified atom stereocenters. The zero-order valence-electron chi connectivity index (χ0n) is 14.2. The van der Waals surface area contributed by atoms with Gasteiger partial charge in [-0.25, -0.2) is 4.98 Å². The van der Waals surface area contributed by atoms with Gasteiger partial charge in [0, 0.05) is 37.0 Å². The maximum absolute atomic E-state index is 12.4. The predicted molar refractivity (Wildman–Crippen MR) is 96.8 cm³/mol. The zero-order chi connectivity index (χ0) is 16.5. The summed E-state index contributed by atoms with van der Waals surface area (Å²) in [5.41, 5.74) is 6.59. The number of anilines is 1. The van der Waals surface area contributed by atoms with Crippen LogP contribution in [0.15, 0.2) is 5.38 Å². The molecule has 3 fully saturated rings. The quantitative estimate of drug-likeness (QED) is 0.828. The number of carbonyl (C=O) groups excluding carboxylic acids is 1. The minimum Gasteiger partial charge on any atom is -0.375 e. The van der Waals surface area contributed by atoms with Crippen LogP contribution in [0.2, 0.25) is 0 Å². The third-order valence-electron chi connectivity index (χ3n) is 5.99. The van der Waals surface area contributed by atoms with E-state index in [1.807, 2.05) is 5.38 Å². The minimum absolute atomic E-state index is 0.172. The SMILES string of the molecule is Nc1nc(CCC(=O)N[C@H]2CN(C3CCCC3)C[C@@H]2C2CC2)cs1. The summed E-state index contributed by atoms with van der Waals surface area (Å²) < 4.78 is 0. The molecule has 1 saturated heterocycles. The molecule has 24 heavy (non-hydrogen) atoms. The van der Waals surface area contributed by atoms with Crippen LogP contribution in [-0.2, 0) is 11.2 Å². The van der Waals surface area contributed by atoms with Crippen molar-refractivity contribution < 1.29 is 4.79 Å². The molecule has 2 heterocycles. The Labute approximate surface area is 148 Å². The molecular formula is C18H28N4OS. The van der Waals surface area contributed by atoms with Crippen molar-refractivity contribution in [3.63, 3.8) is 0 Å². The first-order chi connectivity index (χ1) is 11.7. The van der Waals surface area contributed by atoms with Crippen molar-refractivity contribution in [2.75, 3.05) is 18.8 Å². The van der Waals surface area contributed by atoms with E-state index in [1.165, 1.54) is 56.4 Å². The minimum atomic E-state index is 0.172. The molecule has 1 aromatic rings. The molecule has 2 aliphatic carbocycles. The summed E-state index contributed by atoms with van der Waals surface area (Å²) in [4.78, 5) is 19.3. The molecule has 0 aromatic carbocycles. The van der Waals surface area contributed by atoms with Crippen LogP contribution < -0.4 is 11.1 Å². The molecule has 1 aromatic heterocycles. The molecule has 4 rings (SSSR count). The first-order valence-corrected chi connectivity index (χ1v) is 10.3. The third-order valence-corrected chi connectivity index (χ3v) is 6.71. The highest BCUT2D eigenvalue weighted by atomic mass is 32.1. The molecule has 3 N–H and O–H groups in total. The van der Waals surface area contributed by atoms with Crippen molar-refractivity contribution in [2.24, 2.45) is 11.8 Å². The smallest absolute Gasteiger partial charge is 0.220 e. The number of nitrogens with two attached hydrogens (primary N) is 1. The molecular weight excluding hydrogens is 320 g/mol. The number of aryl methyl sites for hydroxylation is 1.